The zero-order valence-corrected chi connectivity index (χ0v) is 10.3. The number of Topliss-reactive ketones (excluding diaryl/α,β-unsaturated/α-hetero) is 1. The molecule has 1 heterocycles. The van der Waals surface area contributed by atoms with Gasteiger partial charge in [0.15, 0.2) is 11.7 Å². The predicted octanol–water partition coefficient (Wildman–Crippen LogP) is 0.123. The lowest BCUT2D eigenvalue weighted by molar-refractivity contribution is -0.146. The Labute approximate surface area is 109 Å². The van der Waals surface area contributed by atoms with Crippen molar-refractivity contribution in [1.29, 1.82) is 0 Å². The molecule has 1 atom stereocenters. The van der Waals surface area contributed by atoms with Gasteiger partial charge >= 0.3 is 6.03 Å². The monoisotopic (exact) mass is 260 g/mol. The summed E-state index contributed by atoms with van der Waals surface area (Å²) in [6.07, 6.45) is -0.0211. The van der Waals surface area contributed by atoms with Crippen molar-refractivity contribution in [2.45, 2.75) is 6.42 Å². The van der Waals surface area contributed by atoms with Gasteiger partial charge in [0.05, 0.1) is 0 Å². The molecule has 0 aromatic heterocycles. The summed E-state index contributed by atoms with van der Waals surface area (Å²) in [4.78, 5) is 47.4. The van der Waals surface area contributed by atoms with E-state index in [9.17, 15) is 19.2 Å². The van der Waals surface area contributed by atoms with E-state index in [-0.39, 0.29) is 6.42 Å². The second-order valence-electron chi connectivity index (χ2n) is 4.25. The van der Waals surface area contributed by atoms with Crippen LogP contribution in [0.5, 0.6) is 0 Å². The lowest BCUT2D eigenvalue weighted by atomic mass is 9.94. The molecule has 1 aliphatic rings. The first kappa shape index (κ1) is 12.9. The van der Waals surface area contributed by atoms with Crippen LogP contribution in [0.15, 0.2) is 30.3 Å². The van der Waals surface area contributed by atoms with Gasteiger partial charge in [-0.15, -0.1) is 0 Å². The Morgan fingerprint density at radius 1 is 1.21 bits per heavy atom. The van der Waals surface area contributed by atoms with E-state index in [1.54, 1.807) is 30.3 Å². The van der Waals surface area contributed by atoms with Gasteiger partial charge in [-0.25, -0.2) is 4.79 Å². The summed E-state index contributed by atoms with van der Waals surface area (Å²) in [5, 5.41) is 1.98. The molecule has 6 heteroatoms. The third kappa shape index (κ3) is 2.52. The van der Waals surface area contributed by atoms with Crippen molar-refractivity contribution in [3.8, 4) is 0 Å². The second kappa shape index (κ2) is 5.01. The van der Waals surface area contributed by atoms with E-state index in [0.717, 1.165) is 4.90 Å². The molecule has 1 fully saturated rings. The van der Waals surface area contributed by atoms with E-state index in [1.165, 1.54) is 7.05 Å². The summed E-state index contributed by atoms with van der Waals surface area (Å²) in [6.45, 7) is 0. The lowest BCUT2D eigenvalue weighted by Crippen LogP contribution is -2.58. The van der Waals surface area contributed by atoms with Crippen LogP contribution in [0.1, 0.15) is 5.56 Å². The predicted molar refractivity (Wildman–Crippen MR) is 65.0 cm³/mol. The molecule has 0 aliphatic carbocycles. The maximum atomic E-state index is 12.0. The van der Waals surface area contributed by atoms with Crippen molar-refractivity contribution in [3.63, 3.8) is 0 Å². The third-order valence-corrected chi connectivity index (χ3v) is 2.92. The van der Waals surface area contributed by atoms with Crippen LogP contribution in [0.3, 0.4) is 0 Å². The third-order valence-electron chi connectivity index (χ3n) is 2.92. The molecular formula is C13H12N2O4. The smallest absolute Gasteiger partial charge is 0.298 e. The van der Waals surface area contributed by atoms with Crippen LogP contribution in [-0.4, -0.2) is 35.6 Å². The van der Waals surface area contributed by atoms with Crippen molar-refractivity contribution >= 4 is 23.6 Å². The zero-order chi connectivity index (χ0) is 14.0. The van der Waals surface area contributed by atoms with E-state index in [4.69, 9.17) is 0 Å². The highest BCUT2D eigenvalue weighted by Crippen LogP contribution is 2.13. The Morgan fingerprint density at radius 3 is 2.47 bits per heavy atom. The largest absolute Gasteiger partial charge is 0.330 e. The molecule has 0 spiro atoms. The van der Waals surface area contributed by atoms with Gasteiger partial charge < -0.3 is 0 Å². The van der Waals surface area contributed by atoms with Gasteiger partial charge in [0.2, 0.25) is 5.91 Å². The fraction of sp³-hybridized carbons (Fsp3) is 0.231. The number of hydrogen-bond donors (Lipinski definition) is 1. The Morgan fingerprint density at radius 2 is 1.84 bits per heavy atom. The molecular weight excluding hydrogens is 248 g/mol. The maximum Gasteiger partial charge on any atom is 0.330 e. The number of urea groups is 1. The fourth-order valence-electron chi connectivity index (χ4n) is 1.85. The fourth-order valence-corrected chi connectivity index (χ4v) is 1.85. The summed E-state index contributed by atoms with van der Waals surface area (Å²) < 4.78 is 0. The summed E-state index contributed by atoms with van der Waals surface area (Å²) in [5.74, 6) is -3.60. The standard InChI is InChI=1S/C13H12N2O4/c1-15-12(18)10(11(17)14-13(15)19)9(16)7-8-5-3-2-4-6-8/h2-6,10H,7H2,1H3,(H,14,17,19). The molecule has 1 aromatic carbocycles. The van der Waals surface area contributed by atoms with Crippen molar-refractivity contribution in [2.75, 3.05) is 7.05 Å². The Kier molecular flexibility index (Phi) is 3.41. The Balaban J connectivity index is 2.16. The number of imide groups is 2. The maximum absolute atomic E-state index is 12.0. The van der Waals surface area contributed by atoms with E-state index >= 15 is 0 Å². The number of hydrogen-bond acceptors (Lipinski definition) is 4. The second-order valence-corrected chi connectivity index (χ2v) is 4.25. The molecule has 0 bridgehead atoms. The van der Waals surface area contributed by atoms with Crippen LogP contribution in [0, 0.1) is 5.92 Å². The zero-order valence-electron chi connectivity index (χ0n) is 10.3. The van der Waals surface area contributed by atoms with Crippen molar-refractivity contribution < 1.29 is 19.2 Å². The lowest BCUT2D eigenvalue weighted by Gasteiger charge is -2.26. The average molecular weight is 260 g/mol. The summed E-state index contributed by atoms with van der Waals surface area (Å²) in [6, 6.07) is 8.00. The van der Waals surface area contributed by atoms with Gasteiger partial charge in [-0.1, -0.05) is 30.3 Å². The van der Waals surface area contributed by atoms with Gasteiger partial charge in [0, 0.05) is 13.5 Å². The number of rotatable bonds is 3. The number of carbonyl (C=O) groups excluding carboxylic acids is 4. The van der Waals surface area contributed by atoms with Gasteiger partial charge in [-0.2, -0.15) is 0 Å². The first-order chi connectivity index (χ1) is 9.00. The molecule has 1 aromatic rings. The number of carbonyl (C=O) groups is 4. The molecule has 1 unspecified atom stereocenters. The highest BCUT2D eigenvalue weighted by molar-refractivity contribution is 6.26. The van der Waals surface area contributed by atoms with Crippen LogP contribution in [0.25, 0.3) is 0 Å². The Hall–Kier alpha value is -2.50. The van der Waals surface area contributed by atoms with Crippen LogP contribution in [0.4, 0.5) is 4.79 Å². The highest BCUT2D eigenvalue weighted by atomic mass is 16.2. The first-order valence-electron chi connectivity index (χ1n) is 5.69. The van der Waals surface area contributed by atoms with Gasteiger partial charge in [0.25, 0.3) is 5.91 Å². The van der Waals surface area contributed by atoms with E-state index in [2.05, 4.69) is 0 Å². The molecule has 0 radical (unpaired) electrons. The quantitative estimate of drug-likeness (QED) is 0.782. The number of nitrogens with one attached hydrogen (secondary N) is 1. The number of benzene rings is 1. The minimum absolute atomic E-state index is 0.0211. The average Bonchev–Trinajstić information content (AvgIpc) is 2.37. The summed E-state index contributed by atoms with van der Waals surface area (Å²) in [5.41, 5.74) is 0.715. The number of nitrogens with zero attached hydrogens (tertiary/aromatic N) is 1. The van der Waals surface area contributed by atoms with E-state index < -0.39 is 29.5 Å². The minimum atomic E-state index is -1.44. The van der Waals surface area contributed by atoms with Gasteiger partial charge in [-0.05, 0) is 5.56 Å². The normalized spacial score (nSPS) is 19.3. The molecule has 1 N–H and O–H groups in total. The molecule has 1 saturated heterocycles. The molecule has 0 saturated carbocycles. The van der Waals surface area contributed by atoms with Crippen LogP contribution < -0.4 is 5.32 Å². The van der Waals surface area contributed by atoms with E-state index in [0.29, 0.717) is 5.56 Å². The first-order valence-corrected chi connectivity index (χ1v) is 5.69. The topological polar surface area (TPSA) is 83.6 Å². The summed E-state index contributed by atoms with van der Waals surface area (Å²) in [7, 11) is 1.23. The molecule has 1 aliphatic heterocycles. The van der Waals surface area contributed by atoms with Crippen molar-refractivity contribution in [3.05, 3.63) is 35.9 Å². The molecule has 19 heavy (non-hydrogen) atoms. The Bertz CT molecular complexity index is 553. The number of barbiturate groups is 1. The molecule has 6 nitrogen and oxygen atoms in total. The van der Waals surface area contributed by atoms with Crippen LogP contribution >= 0.6 is 0 Å². The molecule has 2 rings (SSSR count). The van der Waals surface area contributed by atoms with Gasteiger partial charge in [-0.3, -0.25) is 24.6 Å². The summed E-state index contributed by atoms with van der Waals surface area (Å²) >= 11 is 0. The minimum Gasteiger partial charge on any atom is -0.298 e. The van der Waals surface area contributed by atoms with Crippen LogP contribution in [0.2, 0.25) is 0 Å². The molecule has 98 valence electrons. The number of amides is 4. The van der Waals surface area contributed by atoms with Crippen molar-refractivity contribution in [1.82, 2.24) is 10.2 Å². The van der Waals surface area contributed by atoms with E-state index in [1.807, 2.05) is 5.32 Å². The number of ketones is 1. The van der Waals surface area contributed by atoms with Crippen LogP contribution in [-0.2, 0) is 20.8 Å². The van der Waals surface area contributed by atoms with Crippen molar-refractivity contribution in [2.24, 2.45) is 5.92 Å². The highest BCUT2D eigenvalue weighted by Gasteiger charge is 2.42. The molecule has 4 amide bonds. The SMILES string of the molecule is CN1C(=O)NC(=O)C(C(=O)Cc2ccccc2)C1=O. The van der Waals surface area contributed by atoms with Gasteiger partial charge in [0.1, 0.15) is 0 Å².